The number of methoxy groups -OCH3 is 1. The van der Waals surface area contributed by atoms with Crippen LogP contribution in [0.25, 0.3) is 10.8 Å². The van der Waals surface area contributed by atoms with Crippen molar-refractivity contribution in [2.75, 3.05) is 7.11 Å². The van der Waals surface area contributed by atoms with Gasteiger partial charge >= 0.3 is 0 Å². The van der Waals surface area contributed by atoms with E-state index in [-0.39, 0.29) is 5.78 Å². The SMILES string of the molecule is COc1ccc2cc([C@@H]3CC(=O)C=C(C)C3)ccc2c1. The fourth-order valence-corrected chi connectivity index (χ4v) is 2.96. The normalized spacial score (nSPS) is 19.0. The second-order valence-corrected chi connectivity index (χ2v) is 5.53. The zero-order valence-corrected chi connectivity index (χ0v) is 11.8. The van der Waals surface area contributed by atoms with Crippen molar-refractivity contribution in [3.63, 3.8) is 0 Å². The number of carbonyl (C=O) groups excluding carboxylic acids is 1. The summed E-state index contributed by atoms with van der Waals surface area (Å²) in [7, 11) is 1.68. The molecule has 0 spiro atoms. The summed E-state index contributed by atoms with van der Waals surface area (Å²) in [5, 5.41) is 2.37. The van der Waals surface area contributed by atoms with Crippen LogP contribution in [-0.4, -0.2) is 12.9 Å². The van der Waals surface area contributed by atoms with E-state index in [1.54, 1.807) is 13.2 Å². The maximum Gasteiger partial charge on any atom is 0.156 e. The van der Waals surface area contributed by atoms with E-state index in [1.807, 2.05) is 19.1 Å². The molecule has 1 atom stereocenters. The van der Waals surface area contributed by atoms with E-state index < -0.39 is 0 Å². The standard InChI is InChI=1S/C18H18O2/c1-12-7-16(10-17(19)8-12)14-3-4-15-11-18(20-2)6-5-13(15)9-14/h3-6,8-9,11,16H,7,10H2,1-2H3/t16-/m0/s1. The summed E-state index contributed by atoms with van der Waals surface area (Å²) in [6.07, 6.45) is 3.38. The molecule has 0 N–H and O–H groups in total. The number of rotatable bonds is 2. The number of hydrogen-bond acceptors (Lipinski definition) is 2. The lowest BCUT2D eigenvalue weighted by molar-refractivity contribution is -0.115. The zero-order valence-electron chi connectivity index (χ0n) is 11.8. The molecule has 1 aliphatic carbocycles. The molecule has 2 aromatic rings. The van der Waals surface area contributed by atoms with Gasteiger partial charge in [0.25, 0.3) is 0 Å². The molecule has 2 nitrogen and oxygen atoms in total. The van der Waals surface area contributed by atoms with Crippen molar-refractivity contribution in [2.45, 2.75) is 25.7 Å². The molecule has 102 valence electrons. The second-order valence-electron chi connectivity index (χ2n) is 5.53. The minimum Gasteiger partial charge on any atom is -0.497 e. The van der Waals surface area contributed by atoms with Crippen molar-refractivity contribution in [3.05, 3.63) is 53.6 Å². The van der Waals surface area contributed by atoms with Crippen LogP contribution in [0.4, 0.5) is 0 Å². The smallest absolute Gasteiger partial charge is 0.156 e. The van der Waals surface area contributed by atoms with Gasteiger partial charge in [0, 0.05) is 6.42 Å². The van der Waals surface area contributed by atoms with Gasteiger partial charge in [0.05, 0.1) is 7.11 Å². The molecule has 2 aromatic carbocycles. The Morgan fingerprint density at radius 3 is 2.55 bits per heavy atom. The molecule has 0 saturated heterocycles. The maximum atomic E-state index is 11.7. The van der Waals surface area contributed by atoms with Crippen molar-refractivity contribution in [3.8, 4) is 5.75 Å². The van der Waals surface area contributed by atoms with Crippen LogP contribution >= 0.6 is 0 Å². The molecule has 1 aliphatic rings. The van der Waals surface area contributed by atoms with Crippen LogP contribution in [0.3, 0.4) is 0 Å². The molecule has 0 unspecified atom stereocenters. The first-order valence-electron chi connectivity index (χ1n) is 6.93. The predicted molar refractivity (Wildman–Crippen MR) is 81.2 cm³/mol. The Kier molecular flexibility index (Phi) is 3.31. The third kappa shape index (κ3) is 2.46. The van der Waals surface area contributed by atoms with E-state index in [4.69, 9.17) is 4.74 Å². The van der Waals surface area contributed by atoms with Gasteiger partial charge in [-0.25, -0.2) is 0 Å². The van der Waals surface area contributed by atoms with Crippen molar-refractivity contribution < 1.29 is 9.53 Å². The average molecular weight is 266 g/mol. The Balaban J connectivity index is 1.97. The van der Waals surface area contributed by atoms with Gasteiger partial charge in [-0.3, -0.25) is 4.79 Å². The summed E-state index contributed by atoms with van der Waals surface area (Å²) in [6.45, 7) is 2.04. The molecule has 20 heavy (non-hydrogen) atoms. The van der Waals surface area contributed by atoms with Gasteiger partial charge < -0.3 is 4.74 Å². The Morgan fingerprint density at radius 1 is 1.05 bits per heavy atom. The lowest BCUT2D eigenvalue weighted by Crippen LogP contribution is -2.11. The minimum absolute atomic E-state index is 0.244. The summed E-state index contributed by atoms with van der Waals surface area (Å²) >= 11 is 0. The Labute approximate surface area is 119 Å². The quantitative estimate of drug-likeness (QED) is 0.812. The summed E-state index contributed by atoms with van der Waals surface area (Å²) in [5.74, 6) is 1.43. The highest BCUT2D eigenvalue weighted by Gasteiger charge is 2.20. The zero-order chi connectivity index (χ0) is 14.1. The summed E-state index contributed by atoms with van der Waals surface area (Å²) in [4.78, 5) is 11.7. The number of benzene rings is 2. The van der Waals surface area contributed by atoms with Crippen LogP contribution in [-0.2, 0) is 4.79 Å². The Hall–Kier alpha value is -2.09. The van der Waals surface area contributed by atoms with Gasteiger partial charge in [0.1, 0.15) is 5.75 Å². The number of carbonyl (C=O) groups is 1. The lowest BCUT2D eigenvalue weighted by atomic mass is 9.83. The topological polar surface area (TPSA) is 26.3 Å². The number of hydrogen-bond donors (Lipinski definition) is 0. The fourth-order valence-electron chi connectivity index (χ4n) is 2.96. The van der Waals surface area contributed by atoms with Gasteiger partial charge in [-0.05, 0) is 53.8 Å². The molecule has 0 aliphatic heterocycles. The highest BCUT2D eigenvalue weighted by atomic mass is 16.5. The summed E-state index contributed by atoms with van der Waals surface area (Å²) < 4.78 is 5.24. The monoisotopic (exact) mass is 266 g/mol. The first-order valence-corrected chi connectivity index (χ1v) is 6.93. The van der Waals surface area contributed by atoms with E-state index in [0.29, 0.717) is 12.3 Å². The molecular formula is C18H18O2. The number of ether oxygens (including phenoxy) is 1. The van der Waals surface area contributed by atoms with Crippen molar-refractivity contribution in [1.29, 1.82) is 0 Å². The maximum absolute atomic E-state index is 11.7. The molecule has 0 amide bonds. The van der Waals surface area contributed by atoms with E-state index in [0.717, 1.165) is 12.2 Å². The first-order chi connectivity index (χ1) is 9.65. The van der Waals surface area contributed by atoms with Gasteiger partial charge in [-0.15, -0.1) is 0 Å². The molecule has 0 heterocycles. The third-order valence-corrected chi connectivity index (χ3v) is 3.97. The van der Waals surface area contributed by atoms with Crippen LogP contribution in [0.15, 0.2) is 48.0 Å². The molecular weight excluding hydrogens is 248 g/mol. The van der Waals surface area contributed by atoms with Crippen LogP contribution in [0.1, 0.15) is 31.2 Å². The largest absolute Gasteiger partial charge is 0.497 e. The van der Waals surface area contributed by atoms with Crippen molar-refractivity contribution >= 4 is 16.6 Å². The van der Waals surface area contributed by atoms with Crippen LogP contribution in [0, 0.1) is 0 Å². The molecule has 0 radical (unpaired) electrons. The molecule has 3 rings (SSSR count). The van der Waals surface area contributed by atoms with Gasteiger partial charge in [-0.2, -0.15) is 0 Å². The Bertz CT molecular complexity index is 698. The molecule has 0 saturated carbocycles. The number of ketones is 1. The van der Waals surface area contributed by atoms with Gasteiger partial charge in [-0.1, -0.05) is 29.8 Å². The predicted octanol–water partition coefficient (Wildman–Crippen LogP) is 4.24. The Morgan fingerprint density at radius 2 is 1.80 bits per heavy atom. The minimum atomic E-state index is 0.244. The first kappa shape index (κ1) is 12.9. The molecule has 0 aromatic heterocycles. The highest BCUT2D eigenvalue weighted by molar-refractivity contribution is 5.92. The van der Waals surface area contributed by atoms with E-state index in [9.17, 15) is 4.79 Å². The van der Waals surface area contributed by atoms with Gasteiger partial charge in [0.2, 0.25) is 0 Å². The number of fused-ring (bicyclic) bond motifs is 1. The van der Waals surface area contributed by atoms with Gasteiger partial charge in [0.15, 0.2) is 5.78 Å². The summed E-state index contributed by atoms with van der Waals surface area (Å²) in [6, 6.07) is 12.5. The van der Waals surface area contributed by atoms with E-state index >= 15 is 0 Å². The van der Waals surface area contributed by atoms with E-state index in [2.05, 4.69) is 24.3 Å². The molecule has 0 fully saturated rings. The van der Waals surface area contributed by atoms with Crippen LogP contribution in [0.5, 0.6) is 5.75 Å². The number of allylic oxidation sites excluding steroid dienone is 2. The highest BCUT2D eigenvalue weighted by Crippen LogP contribution is 2.33. The molecule has 2 heteroatoms. The summed E-state index contributed by atoms with van der Waals surface area (Å²) in [5.41, 5.74) is 2.43. The average Bonchev–Trinajstić information content (AvgIpc) is 2.45. The fraction of sp³-hybridized carbons (Fsp3) is 0.278. The lowest BCUT2D eigenvalue weighted by Gasteiger charge is -2.21. The van der Waals surface area contributed by atoms with Crippen LogP contribution < -0.4 is 4.74 Å². The molecule has 0 bridgehead atoms. The van der Waals surface area contributed by atoms with Crippen molar-refractivity contribution in [1.82, 2.24) is 0 Å². The third-order valence-electron chi connectivity index (χ3n) is 3.97. The van der Waals surface area contributed by atoms with Crippen molar-refractivity contribution in [2.24, 2.45) is 0 Å². The van der Waals surface area contributed by atoms with E-state index in [1.165, 1.54) is 21.9 Å². The second kappa shape index (κ2) is 5.12. The van der Waals surface area contributed by atoms with Crippen LogP contribution in [0.2, 0.25) is 0 Å².